The molecule has 0 bridgehead atoms. The van der Waals surface area contributed by atoms with Gasteiger partial charge < -0.3 is 9.64 Å². The highest BCUT2D eigenvalue weighted by Gasteiger charge is 2.42. The van der Waals surface area contributed by atoms with Gasteiger partial charge in [0.15, 0.2) is 0 Å². The Morgan fingerprint density at radius 3 is 2.43 bits per heavy atom. The number of carbonyl (C=O) groups excluding carboxylic acids is 1. The molecule has 6 heteroatoms. The number of amides is 1. The van der Waals surface area contributed by atoms with E-state index in [1.807, 2.05) is 29.2 Å². The van der Waals surface area contributed by atoms with Crippen LogP contribution in [0.5, 0.6) is 5.75 Å². The Hall–Kier alpha value is -3.93. The summed E-state index contributed by atoms with van der Waals surface area (Å²) >= 11 is 0. The summed E-state index contributed by atoms with van der Waals surface area (Å²) in [6, 6.07) is 20.0. The van der Waals surface area contributed by atoms with Crippen molar-refractivity contribution in [3.63, 3.8) is 0 Å². The van der Waals surface area contributed by atoms with Crippen LogP contribution in [0, 0.1) is 6.92 Å². The molecule has 0 aliphatic carbocycles. The summed E-state index contributed by atoms with van der Waals surface area (Å²) in [6.07, 6.45) is 6.90. The van der Waals surface area contributed by atoms with Crippen molar-refractivity contribution >= 4 is 5.91 Å². The number of pyridine rings is 1. The molecule has 1 aliphatic heterocycles. The fraction of sp³-hybridized carbons (Fsp3) is 0.276. The van der Waals surface area contributed by atoms with E-state index in [4.69, 9.17) is 4.74 Å². The Kier molecular flexibility index (Phi) is 6.62. The average molecular weight is 467 g/mol. The highest BCUT2D eigenvalue weighted by molar-refractivity contribution is 6.00. The normalized spacial score (nSPS) is 14.9. The monoisotopic (exact) mass is 466 g/mol. The van der Waals surface area contributed by atoms with Crippen LogP contribution in [0.3, 0.4) is 0 Å². The van der Waals surface area contributed by atoms with Gasteiger partial charge in [-0.2, -0.15) is 5.10 Å². The molecule has 1 N–H and O–H groups in total. The lowest BCUT2D eigenvalue weighted by Crippen LogP contribution is -2.29. The van der Waals surface area contributed by atoms with Gasteiger partial charge in [-0.25, -0.2) is 0 Å². The van der Waals surface area contributed by atoms with Gasteiger partial charge in [-0.3, -0.25) is 14.9 Å². The second-order valence-corrected chi connectivity index (χ2v) is 9.04. The molecule has 5 rings (SSSR count). The minimum absolute atomic E-state index is 0.0485. The predicted octanol–water partition coefficient (Wildman–Crippen LogP) is 6.09. The van der Waals surface area contributed by atoms with E-state index in [2.05, 4.69) is 65.4 Å². The molecule has 0 saturated carbocycles. The van der Waals surface area contributed by atoms with Gasteiger partial charge in [0.25, 0.3) is 5.91 Å². The van der Waals surface area contributed by atoms with Crippen LogP contribution in [0.15, 0.2) is 73.1 Å². The first-order chi connectivity index (χ1) is 17.2. The van der Waals surface area contributed by atoms with Crippen molar-refractivity contribution in [1.29, 1.82) is 0 Å². The van der Waals surface area contributed by atoms with E-state index in [-0.39, 0.29) is 11.9 Å². The molecule has 0 spiro atoms. The van der Waals surface area contributed by atoms with Crippen LogP contribution < -0.4 is 4.74 Å². The summed E-state index contributed by atoms with van der Waals surface area (Å²) in [5.74, 6) is 0.800. The molecule has 1 aliphatic rings. The molecule has 0 fully saturated rings. The molecule has 2 aromatic heterocycles. The van der Waals surface area contributed by atoms with Gasteiger partial charge in [0.2, 0.25) is 0 Å². The standard InChI is InChI=1S/C29H30N4O2/c1-3-4-5-18-35-24-12-10-23(11-13-24)28-25-26(22-8-6-20(2)7-9-22)31-32-27(25)29(34)33(28)19-21-14-16-30-17-15-21/h6-17,28H,3-5,18-19H2,1-2H3,(H,31,32). The van der Waals surface area contributed by atoms with E-state index < -0.39 is 0 Å². The Balaban J connectivity index is 1.51. The third kappa shape index (κ3) is 4.69. The molecule has 1 atom stereocenters. The van der Waals surface area contributed by atoms with E-state index in [1.54, 1.807) is 12.4 Å². The minimum Gasteiger partial charge on any atom is -0.494 e. The number of aryl methyl sites for hydroxylation is 1. The van der Waals surface area contributed by atoms with Crippen molar-refractivity contribution in [3.05, 3.63) is 101 Å². The summed E-state index contributed by atoms with van der Waals surface area (Å²) in [5, 5.41) is 7.61. The quantitative estimate of drug-likeness (QED) is 0.303. The van der Waals surface area contributed by atoms with Crippen LogP contribution in [0.1, 0.15) is 65.0 Å². The number of nitrogens with zero attached hydrogens (tertiary/aromatic N) is 3. The maximum Gasteiger partial charge on any atom is 0.273 e. The molecule has 0 radical (unpaired) electrons. The Morgan fingerprint density at radius 2 is 1.71 bits per heavy atom. The van der Waals surface area contributed by atoms with Gasteiger partial charge in [0.1, 0.15) is 11.4 Å². The van der Waals surface area contributed by atoms with Crippen molar-refractivity contribution in [2.75, 3.05) is 6.61 Å². The summed E-state index contributed by atoms with van der Waals surface area (Å²) in [6.45, 7) is 5.45. The Labute approximate surface area is 206 Å². The van der Waals surface area contributed by atoms with Gasteiger partial charge in [0.05, 0.1) is 18.3 Å². The predicted molar refractivity (Wildman–Crippen MR) is 136 cm³/mol. The smallest absolute Gasteiger partial charge is 0.273 e. The molecule has 1 amide bonds. The number of hydrogen-bond donors (Lipinski definition) is 1. The number of fused-ring (bicyclic) bond motifs is 1. The minimum atomic E-state index is -0.255. The van der Waals surface area contributed by atoms with Crippen LogP contribution in [-0.4, -0.2) is 32.6 Å². The number of nitrogens with one attached hydrogen (secondary N) is 1. The number of carbonyl (C=O) groups is 1. The lowest BCUT2D eigenvalue weighted by Gasteiger charge is -2.26. The maximum absolute atomic E-state index is 13.6. The van der Waals surface area contributed by atoms with Gasteiger partial charge in [-0.1, -0.05) is 61.7 Å². The van der Waals surface area contributed by atoms with E-state index in [1.165, 1.54) is 12.0 Å². The van der Waals surface area contributed by atoms with Crippen molar-refractivity contribution in [3.8, 4) is 17.0 Å². The number of hydrogen-bond acceptors (Lipinski definition) is 4. The number of rotatable bonds is 9. The van der Waals surface area contributed by atoms with E-state index >= 15 is 0 Å². The van der Waals surface area contributed by atoms with Gasteiger partial charge >= 0.3 is 0 Å². The first-order valence-electron chi connectivity index (χ1n) is 12.2. The third-order valence-electron chi connectivity index (χ3n) is 6.50. The average Bonchev–Trinajstić information content (AvgIpc) is 3.43. The number of ether oxygens (including phenoxy) is 1. The summed E-state index contributed by atoms with van der Waals surface area (Å²) in [5.41, 5.74) is 6.53. The molecule has 35 heavy (non-hydrogen) atoms. The molecular weight excluding hydrogens is 436 g/mol. The Morgan fingerprint density at radius 1 is 0.971 bits per heavy atom. The second-order valence-electron chi connectivity index (χ2n) is 9.04. The van der Waals surface area contributed by atoms with Gasteiger partial charge in [-0.05, 0) is 48.7 Å². The van der Waals surface area contributed by atoms with Crippen LogP contribution in [-0.2, 0) is 6.54 Å². The van der Waals surface area contributed by atoms with Crippen LogP contribution in [0.4, 0.5) is 0 Å². The van der Waals surface area contributed by atoms with Gasteiger partial charge in [0, 0.05) is 30.1 Å². The molecule has 1 unspecified atom stereocenters. The first kappa shape index (κ1) is 22.8. The number of aromatic nitrogens is 3. The van der Waals surface area contributed by atoms with Crippen molar-refractivity contribution in [2.24, 2.45) is 0 Å². The van der Waals surface area contributed by atoms with E-state index in [0.717, 1.165) is 46.5 Å². The highest BCUT2D eigenvalue weighted by Crippen LogP contribution is 2.43. The zero-order valence-electron chi connectivity index (χ0n) is 20.2. The molecular formula is C29H30N4O2. The lowest BCUT2D eigenvalue weighted by atomic mass is 9.95. The first-order valence-corrected chi connectivity index (χ1v) is 12.2. The molecule has 6 nitrogen and oxygen atoms in total. The topological polar surface area (TPSA) is 71.1 Å². The lowest BCUT2D eigenvalue weighted by molar-refractivity contribution is 0.0730. The molecule has 0 saturated heterocycles. The largest absolute Gasteiger partial charge is 0.494 e. The van der Waals surface area contributed by atoms with Crippen molar-refractivity contribution < 1.29 is 9.53 Å². The fourth-order valence-corrected chi connectivity index (χ4v) is 4.61. The SMILES string of the molecule is CCCCCOc1ccc(C2c3c(-c4ccc(C)cc4)n[nH]c3C(=O)N2Cc2ccncc2)cc1. The van der Waals surface area contributed by atoms with E-state index in [9.17, 15) is 4.79 Å². The second kappa shape index (κ2) is 10.1. The van der Waals surface area contributed by atoms with Crippen LogP contribution in [0.2, 0.25) is 0 Å². The molecule has 178 valence electrons. The number of aromatic amines is 1. The van der Waals surface area contributed by atoms with Crippen LogP contribution in [0.25, 0.3) is 11.3 Å². The highest BCUT2D eigenvalue weighted by atomic mass is 16.5. The summed E-state index contributed by atoms with van der Waals surface area (Å²) in [7, 11) is 0. The van der Waals surface area contributed by atoms with Crippen molar-refractivity contribution in [1.82, 2.24) is 20.1 Å². The number of unbranched alkanes of at least 4 members (excludes halogenated alkanes) is 2. The molecule has 4 aromatic rings. The number of H-pyrrole nitrogens is 1. The summed E-state index contributed by atoms with van der Waals surface area (Å²) in [4.78, 5) is 19.6. The fourth-order valence-electron chi connectivity index (χ4n) is 4.61. The van der Waals surface area contributed by atoms with Crippen molar-refractivity contribution in [2.45, 2.75) is 45.7 Å². The molecule has 3 heterocycles. The number of benzene rings is 2. The van der Waals surface area contributed by atoms with E-state index in [0.29, 0.717) is 18.8 Å². The maximum atomic E-state index is 13.6. The summed E-state index contributed by atoms with van der Waals surface area (Å²) < 4.78 is 5.92. The Bertz CT molecular complexity index is 1280. The van der Waals surface area contributed by atoms with Crippen LogP contribution >= 0.6 is 0 Å². The van der Waals surface area contributed by atoms with Gasteiger partial charge in [-0.15, -0.1) is 0 Å². The zero-order chi connectivity index (χ0) is 24.2. The third-order valence-corrected chi connectivity index (χ3v) is 6.50. The molecule has 2 aromatic carbocycles. The zero-order valence-corrected chi connectivity index (χ0v) is 20.2.